The van der Waals surface area contributed by atoms with Crippen LogP contribution >= 0.6 is 0 Å². The third-order valence-electron chi connectivity index (χ3n) is 5.87. The van der Waals surface area contributed by atoms with E-state index in [-0.39, 0.29) is 17.8 Å². The number of nitrogens with one attached hydrogen (secondary N) is 1. The van der Waals surface area contributed by atoms with Crippen LogP contribution in [0.3, 0.4) is 0 Å². The third kappa shape index (κ3) is 9.66. The molecule has 0 aliphatic rings. The molecule has 1 unspecified atom stereocenters. The lowest BCUT2D eigenvalue weighted by Crippen LogP contribution is -2.12. The highest BCUT2D eigenvalue weighted by atomic mass is 15.1. The lowest BCUT2D eigenvalue weighted by Gasteiger charge is -2.14. The first-order valence-electron chi connectivity index (χ1n) is 12.4. The van der Waals surface area contributed by atoms with E-state index in [0.29, 0.717) is 5.82 Å². The number of rotatable bonds is 17. The number of nitrogens with zero attached hydrogens (tertiary/aromatic N) is 4. The number of unbranched alkanes of at least 4 members (excludes halogenated alkanes) is 11. The Morgan fingerprint density at radius 3 is 1.87 bits per heavy atom. The summed E-state index contributed by atoms with van der Waals surface area (Å²) in [5.41, 5.74) is 12.6. The minimum absolute atomic E-state index is 0.00224. The van der Waals surface area contributed by atoms with Crippen molar-refractivity contribution in [3.05, 3.63) is 23.5 Å². The Hall–Kier alpha value is -2.18. The van der Waals surface area contributed by atoms with E-state index in [4.69, 9.17) is 16.5 Å². The minimum atomic E-state index is -0.00224. The summed E-state index contributed by atoms with van der Waals surface area (Å²) in [4.78, 5) is 20.9. The van der Waals surface area contributed by atoms with Gasteiger partial charge in [-0.1, -0.05) is 90.9 Å². The molecule has 0 bridgehead atoms. The van der Waals surface area contributed by atoms with E-state index in [9.17, 15) is 0 Å². The van der Waals surface area contributed by atoms with Gasteiger partial charge in [0.1, 0.15) is 11.6 Å². The summed E-state index contributed by atoms with van der Waals surface area (Å²) >= 11 is 0. The predicted octanol–water partition coefficient (Wildman–Crippen LogP) is 5.93. The smallest absolute Gasteiger partial charge is 0.225 e. The number of aromatic amines is 1. The summed E-state index contributed by atoms with van der Waals surface area (Å²) < 4.78 is 0. The second-order valence-corrected chi connectivity index (χ2v) is 8.66. The van der Waals surface area contributed by atoms with Crippen LogP contribution in [-0.4, -0.2) is 24.9 Å². The molecule has 2 aromatic rings. The molecule has 7 heteroatoms. The average molecular weight is 430 g/mol. The van der Waals surface area contributed by atoms with Crippen molar-refractivity contribution in [3.63, 3.8) is 0 Å². The number of imidazole rings is 1. The maximum Gasteiger partial charge on any atom is 0.225 e. The number of aromatic nitrogens is 5. The SMILES string of the molecule is CCCCCCCCCCCc1nc(C(CCCCCC)c2nc(N)nc(N)n2)c[nH]1. The molecule has 0 amide bonds. The van der Waals surface area contributed by atoms with E-state index in [1.54, 1.807) is 0 Å². The zero-order chi connectivity index (χ0) is 22.3. The second kappa shape index (κ2) is 14.8. The van der Waals surface area contributed by atoms with E-state index in [1.807, 2.05) is 6.20 Å². The van der Waals surface area contributed by atoms with Gasteiger partial charge in [0, 0.05) is 12.6 Å². The van der Waals surface area contributed by atoms with Crippen LogP contribution in [0.4, 0.5) is 11.9 Å². The largest absolute Gasteiger partial charge is 0.368 e. The van der Waals surface area contributed by atoms with Crippen LogP contribution in [0.1, 0.15) is 127 Å². The first kappa shape index (κ1) is 25.1. The fraction of sp³-hybridized carbons (Fsp3) is 0.750. The van der Waals surface area contributed by atoms with Crippen LogP contribution in [0.2, 0.25) is 0 Å². The monoisotopic (exact) mass is 429 g/mol. The molecule has 0 spiro atoms. The molecule has 0 aromatic carbocycles. The van der Waals surface area contributed by atoms with E-state index in [2.05, 4.69) is 33.8 Å². The van der Waals surface area contributed by atoms with Crippen molar-refractivity contribution in [3.8, 4) is 0 Å². The first-order chi connectivity index (χ1) is 15.1. The van der Waals surface area contributed by atoms with Crippen molar-refractivity contribution in [2.24, 2.45) is 0 Å². The molecular formula is C24H43N7. The fourth-order valence-electron chi connectivity index (χ4n) is 4.05. The van der Waals surface area contributed by atoms with Crippen LogP contribution < -0.4 is 11.5 Å². The van der Waals surface area contributed by atoms with E-state index < -0.39 is 0 Å². The number of nitrogens with two attached hydrogens (primary N) is 2. The normalized spacial score (nSPS) is 12.3. The molecule has 0 aliphatic carbocycles. The minimum Gasteiger partial charge on any atom is -0.368 e. The van der Waals surface area contributed by atoms with Gasteiger partial charge in [0.2, 0.25) is 11.9 Å². The highest BCUT2D eigenvalue weighted by Crippen LogP contribution is 2.27. The molecule has 0 saturated heterocycles. The van der Waals surface area contributed by atoms with E-state index >= 15 is 0 Å². The number of H-pyrrole nitrogens is 1. The maximum absolute atomic E-state index is 5.83. The van der Waals surface area contributed by atoms with Crippen LogP contribution in [0.5, 0.6) is 0 Å². The number of anilines is 2. The molecule has 31 heavy (non-hydrogen) atoms. The van der Waals surface area contributed by atoms with Crippen LogP contribution in [0.15, 0.2) is 6.20 Å². The molecule has 0 radical (unpaired) electrons. The van der Waals surface area contributed by atoms with Crippen LogP contribution in [-0.2, 0) is 6.42 Å². The second-order valence-electron chi connectivity index (χ2n) is 8.66. The summed E-state index contributed by atoms with van der Waals surface area (Å²) in [5, 5.41) is 0. The molecule has 0 fully saturated rings. The summed E-state index contributed by atoms with van der Waals surface area (Å²) in [6.45, 7) is 4.49. The lowest BCUT2D eigenvalue weighted by atomic mass is 9.97. The Balaban J connectivity index is 1.86. The van der Waals surface area contributed by atoms with Crippen molar-refractivity contribution in [1.29, 1.82) is 0 Å². The standard InChI is InChI=1S/C24H43N7/c1-3-5-7-9-10-11-12-13-15-17-21-27-18-20(28-21)19(16-14-8-6-4-2)22-29-23(25)31-24(26)30-22/h18-19H,3-17H2,1-2H3,(H,27,28)(H4,25,26,29,30,31). The predicted molar refractivity (Wildman–Crippen MR) is 129 cm³/mol. The molecule has 2 aromatic heterocycles. The quantitative estimate of drug-likeness (QED) is 0.268. The number of nitrogen functional groups attached to an aromatic ring is 2. The first-order valence-corrected chi connectivity index (χ1v) is 12.4. The average Bonchev–Trinajstić information content (AvgIpc) is 3.20. The van der Waals surface area contributed by atoms with Crippen molar-refractivity contribution in [2.45, 2.75) is 116 Å². The zero-order valence-corrected chi connectivity index (χ0v) is 19.7. The summed E-state index contributed by atoms with van der Waals surface area (Å²) in [7, 11) is 0. The molecule has 1 atom stereocenters. The highest BCUT2D eigenvalue weighted by molar-refractivity contribution is 5.29. The van der Waals surface area contributed by atoms with Gasteiger partial charge in [-0.15, -0.1) is 0 Å². The maximum atomic E-state index is 5.83. The topological polar surface area (TPSA) is 119 Å². The van der Waals surface area contributed by atoms with E-state index in [0.717, 1.165) is 30.8 Å². The van der Waals surface area contributed by atoms with Gasteiger partial charge in [-0.25, -0.2) is 4.98 Å². The van der Waals surface area contributed by atoms with Crippen molar-refractivity contribution >= 4 is 11.9 Å². The Kier molecular flexibility index (Phi) is 11.9. The van der Waals surface area contributed by atoms with Crippen molar-refractivity contribution < 1.29 is 0 Å². The fourth-order valence-corrected chi connectivity index (χ4v) is 4.05. The molecule has 2 heterocycles. The zero-order valence-electron chi connectivity index (χ0n) is 19.7. The molecule has 5 N–H and O–H groups in total. The van der Waals surface area contributed by atoms with Crippen LogP contribution in [0, 0.1) is 0 Å². The molecule has 7 nitrogen and oxygen atoms in total. The Morgan fingerprint density at radius 2 is 1.26 bits per heavy atom. The number of aryl methyl sites for hydroxylation is 1. The Labute approximate surface area is 188 Å². The van der Waals surface area contributed by atoms with Gasteiger partial charge in [-0.2, -0.15) is 15.0 Å². The molecule has 2 rings (SSSR count). The molecule has 0 saturated carbocycles. The van der Waals surface area contributed by atoms with E-state index in [1.165, 1.54) is 77.0 Å². The molecule has 174 valence electrons. The van der Waals surface area contributed by atoms with Gasteiger partial charge in [-0.3, -0.25) is 0 Å². The van der Waals surface area contributed by atoms with Crippen molar-refractivity contribution in [2.75, 3.05) is 11.5 Å². The summed E-state index contributed by atoms with van der Waals surface area (Å²) in [5.74, 6) is 2.02. The van der Waals surface area contributed by atoms with Gasteiger partial charge in [-0.05, 0) is 12.8 Å². The van der Waals surface area contributed by atoms with Gasteiger partial charge in [0.15, 0.2) is 0 Å². The Bertz CT molecular complexity index is 708. The van der Waals surface area contributed by atoms with Crippen LogP contribution in [0.25, 0.3) is 0 Å². The van der Waals surface area contributed by atoms with Gasteiger partial charge in [0.05, 0.1) is 11.6 Å². The number of hydrogen-bond acceptors (Lipinski definition) is 6. The van der Waals surface area contributed by atoms with Gasteiger partial charge >= 0.3 is 0 Å². The summed E-state index contributed by atoms with van der Waals surface area (Å²) in [6.07, 6.45) is 20.6. The molecular weight excluding hydrogens is 386 g/mol. The van der Waals surface area contributed by atoms with Gasteiger partial charge in [0.25, 0.3) is 0 Å². The van der Waals surface area contributed by atoms with Gasteiger partial charge < -0.3 is 16.5 Å². The number of hydrogen-bond donors (Lipinski definition) is 3. The molecule has 0 aliphatic heterocycles. The van der Waals surface area contributed by atoms with Crippen molar-refractivity contribution in [1.82, 2.24) is 24.9 Å². The highest BCUT2D eigenvalue weighted by Gasteiger charge is 2.21. The lowest BCUT2D eigenvalue weighted by molar-refractivity contribution is 0.561. The third-order valence-corrected chi connectivity index (χ3v) is 5.87. The Morgan fingerprint density at radius 1 is 0.710 bits per heavy atom. The summed E-state index contributed by atoms with van der Waals surface area (Å²) in [6, 6.07) is 0.